The van der Waals surface area contributed by atoms with Crippen molar-refractivity contribution in [2.24, 2.45) is 0 Å². The van der Waals surface area contributed by atoms with Crippen molar-refractivity contribution in [3.63, 3.8) is 0 Å². The number of aryl methyl sites for hydroxylation is 2. The second-order valence-corrected chi connectivity index (χ2v) is 6.35. The molecule has 3 nitrogen and oxygen atoms in total. The van der Waals surface area contributed by atoms with Crippen LogP contribution in [0.3, 0.4) is 0 Å². The standard InChI is InChI=1S/C14H12BrIN2O/c1-8-5-9(2)17-13(6-8)18-14(19)11-7-10(16)3-4-12(11)15/h3-7H,1-2H3,(H,17,18,19). The van der Waals surface area contributed by atoms with E-state index >= 15 is 0 Å². The van der Waals surface area contributed by atoms with Gasteiger partial charge in [0.2, 0.25) is 0 Å². The Kier molecular flexibility index (Phi) is 4.57. The highest BCUT2D eigenvalue weighted by atomic mass is 127. The fourth-order valence-electron chi connectivity index (χ4n) is 1.76. The Hall–Kier alpha value is -0.950. The van der Waals surface area contributed by atoms with Gasteiger partial charge in [0.1, 0.15) is 5.82 Å². The molecule has 98 valence electrons. The number of halogens is 2. The second kappa shape index (κ2) is 6.00. The number of benzene rings is 1. The summed E-state index contributed by atoms with van der Waals surface area (Å²) in [6, 6.07) is 9.47. The van der Waals surface area contributed by atoms with E-state index in [0.717, 1.165) is 19.3 Å². The van der Waals surface area contributed by atoms with Gasteiger partial charge in [0, 0.05) is 13.7 Å². The zero-order chi connectivity index (χ0) is 14.0. The molecular weight excluding hydrogens is 419 g/mol. The van der Waals surface area contributed by atoms with Gasteiger partial charge in [0.15, 0.2) is 0 Å². The van der Waals surface area contributed by atoms with Crippen LogP contribution in [0.15, 0.2) is 34.8 Å². The first kappa shape index (κ1) is 14.5. The predicted octanol–water partition coefficient (Wildman–Crippen LogP) is 4.32. The number of hydrogen-bond acceptors (Lipinski definition) is 2. The molecule has 0 aliphatic rings. The highest BCUT2D eigenvalue weighted by Gasteiger charge is 2.11. The highest BCUT2D eigenvalue weighted by molar-refractivity contribution is 14.1. The molecular formula is C14H12BrIN2O. The molecule has 0 unspecified atom stereocenters. The molecule has 0 saturated carbocycles. The van der Waals surface area contributed by atoms with Gasteiger partial charge in [-0.3, -0.25) is 4.79 Å². The van der Waals surface area contributed by atoms with Gasteiger partial charge >= 0.3 is 0 Å². The quantitative estimate of drug-likeness (QED) is 0.721. The first-order valence-corrected chi connectivity index (χ1v) is 7.54. The third-order valence-corrected chi connectivity index (χ3v) is 3.87. The number of nitrogens with one attached hydrogen (secondary N) is 1. The zero-order valence-electron chi connectivity index (χ0n) is 10.5. The Balaban J connectivity index is 2.28. The van der Waals surface area contributed by atoms with Crippen LogP contribution in [-0.2, 0) is 0 Å². The largest absolute Gasteiger partial charge is 0.307 e. The number of anilines is 1. The average molecular weight is 431 g/mol. The van der Waals surface area contributed by atoms with Crippen molar-refractivity contribution < 1.29 is 4.79 Å². The number of aromatic nitrogens is 1. The number of carbonyl (C=O) groups excluding carboxylic acids is 1. The number of carbonyl (C=O) groups is 1. The van der Waals surface area contributed by atoms with E-state index in [2.05, 4.69) is 48.8 Å². The molecule has 0 fully saturated rings. The van der Waals surface area contributed by atoms with E-state index in [1.807, 2.05) is 44.2 Å². The lowest BCUT2D eigenvalue weighted by molar-refractivity contribution is 0.102. The molecule has 5 heteroatoms. The van der Waals surface area contributed by atoms with Crippen molar-refractivity contribution in [1.82, 2.24) is 4.98 Å². The van der Waals surface area contributed by atoms with E-state index in [9.17, 15) is 4.79 Å². The maximum Gasteiger partial charge on any atom is 0.257 e. The Morgan fingerprint density at radius 1 is 1.26 bits per heavy atom. The summed E-state index contributed by atoms with van der Waals surface area (Å²) in [5.41, 5.74) is 2.56. The molecule has 0 radical (unpaired) electrons. The second-order valence-electron chi connectivity index (χ2n) is 4.25. The molecule has 0 spiro atoms. The molecule has 0 aliphatic heterocycles. The number of amides is 1. The fourth-order valence-corrected chi connectivity index (χ4v) is 2.68. The minimum Gasteiger partial charge on any atom is -0.307 e. The minimum atomic E-state index is -0.164. The van der Waals surface area contributed by atoms with Gasteiger partial charge in [-0.1, -0.05) is 0 Å². The number of rotatable bonds is 2. The van der Waals surface area contributed by atoms with E-state index in [-0.39, 0.29) is 5.91 Å². The maximum atomic E-state index is 12.2. The van der Waals surface area contributed by atoms with Crippen molar-refractivity contribution in [2.45, 2.75) is 13.8 Å². The lowest BCUT2D eigenvalue weighted by Gasteiger charge is -2.08. The third kappa shape index (κ3) is 3.76. The van der Waals surface area contributed by atoms with E-state index in [4.69, 9.17) is 0 Å². The first-order valence-electron chi connectivity index (χ1n) is 5.67. The van der Waals surface area contributed by atoms with Crippen LogP contribution in [0.1, 0.15) is 21.6 Å². The van der Waals surface area contributed by atoms with E-state index in [1.165, 1.54) is 0 Å². The van der Waals surface area contributed by atoms with Gasteiger partial charge in [-0.05, 0) is 88.3 Å². The Bertz CT molecular complexity index is 623. The van der Waals surface area contributed by atoms with Crippen LogP contribution in [0.4, 0.5) is 5.82 Å². The normalized spacial score (nSPS) is 10.3. The Morgan fingerprint density at radius 2 is 2.00 bits per heavy atom. The van der Waals surface area contributed by atoms with Crippen LogP contribution in [-0.4, -0.2) is 10.9 Å². The summed E-state index contributed by atoms with van der Waals surface area (Å²) in [5, 5.41) is 2.82. The molecule has 2 aromatic rings. The lowest BCUT2D eigenvalue weighted by Crippen LogP contribution is -2.14. The van der Waals surface area contributed by atoms with E-state index in [0.29, 0.717) is 11.4 Å². The molecule has 0 bridgehead atoms. The van der Waals surface area contributed by atoms with Gasteiger partial charge in [-0.25, -0.2) is 4.98 Å². The molecule has 0 atom stereocenters. The predicted molar refractivity (Wildman–Crippen MR) is 88.5 cm³/mol. The smallest absolute Gasteiger partial charge is 0.257 e. The van der Waals surface area contributed by atoms with Gasteiger partial charge in [0.05, 0.1) is 5.56 Å². The molecule has 0 saturated heterocycles. The molecule has 19 heavy (non-hydrogen) atoms. The van der Waals surface area contributed by atoms with Gasteiger partial charge in [-0.2, -0.15) is 0 Å². The fraction of sp³-hybridized carbons (Fsp3) is 0.143. The van der Waals surface area contributed by atoms with Crippen molar-refractivity contribution in [2.75, 3.05) is 5.32 Å². The van der Waals surface area contributed by atoms with E-state index < -0.39 is 0 Å². The average Bonchev–Trinajstić information content (AvgIpc) is 2.30. The van der Waals surface area contributed by atoms with Crippen LogP contribution in [0.5, 0.6) is 0 Å². The van der Waals surface area contributed by atoms with Crippen LogP contribution in [0.25, 0.3) is 0 Å². The summed E-state index contributed by atoms with van der Waals surface area (Å²) < 4.78 is 1.79. The summed E-state index contributed by atoms with van der Waals surface area (Å²) in [5.74, 6) is 0.413. The topological polar surface area (TPSA) is 42.0 Å². The third-order valence-electron chi connectivity index (χ3n) is 2.51. The Morgan fingerprint density at radius 3 is 2.68 bits per heavy atom. The van der Waals surface area contributed by atoms with Crippen molar-refractivity contribution in [1.29, 1.82) is 0 Å². The summed E-state index contributed by atoms with van der Waals surface area (Å²) >= 11 is 5.57. The number of nitrogens with zero attached hydrogens (tertiary/aromatic N) is 1. The maximum absolute atomic E-state index is 12.2. The minimum absolute atomic E-state index is 0.164. The summed E-state index contributed by atoms with van der Waals surface area (Å²) in [7, 11) is 0. The monoisotopic (exact) mass is 430 g/mol. The zero-order valence-corrected chi connectivity index (χ0v) is 14.2. The van der Waals surface area contributed by atoms with Gasteiger partial charge in [-0.15, -0.1) is 0 Å². The molecule has 1 N–H and O–H groups in total. The first-order chi connectivity index (χ1) is 8.95. The van der Waals surface area contributed by atoms with Crippen molar-refractivity contribution in [3.05, 3.63) is 55.2 Å². The molecule has 1 aromatic heterocycles. The number of pyridine rings is 1. The van der Waals surface area contributed by atoms with Crippen molar-refractivity contribution >= 4 is 50.2 Å². The van der Waals surface area contributed by atoms with Gasteiger partial charge in [0.25, 0.3) is 5.91 Å². The summed E-state index contributed by atoms with van der Waals surface area (Å²) in [4.78, 5) is 16.5. The molecule has 1 aromatic carbocycles. The molecule has 0 aliphatic carbocycles. The van der Waals surface area contributed by atoms with Crippen LogP contribution in [0.2, 0.25) is 0 Å². The highest BCUT2D eigenvalue weighted by Crippen LogP contribution is 2.21. The molecule has 1 amide bonds. The summed E-state index contributed by atoms with van der Waals surface area (Å²) in [6.45, 7) is 3.88. The summed E-state index contributed by atoms with van der Waals surface area (Å²) in [6.07, 6.45) is 0. The van der Waals surface area contributed by atoms with Crippen molar-refractivity contribution in [3.8, 4) is 0 Å². The Labute approximate surface area is 134 Å². The van der Waals surface area contributed by atoms with Gasteiger partial charge < -0.3 is 5.32 Å². The molecule has 1 heterocycles. The van der Waals surface area contributed by atoms with E-state index in [1.54, 1.807) is 0 Å². The molecule has 2 rings (SSSR count). The van der Waals surface area contributed by atoms with Crippen LogP contribution >= 0.6 is 38.5 Å². The SMILES string of the molecule is Cc1cc(C)nc(NC(=O)c2cc(I)ccc2Br)c1. The van der Waals surface area contributed by atoms with Crippen LogP contribution in [0, 0.1) is 17.4 Å². The number of hydrogen-bond donors (Lipinski definition) is 1. The lowest BCUT2D eigenvalue weighted by atomic mass is 10.2. The van der Waals surface area contributed by atoms with Crippen LogP contribution < -0.4 is 5.32 Å².